The third-order valence-electron chi connectivity index (χ3n) is 2.01. The van der Waals surface area contributed by atoms with Crippen LogP contribution in [0, 0.1) is 5.41 Å². The Morgan fingerprint density at radius 3 is 2.86 bits per heavy atom. The maximum absolute atomic E-state index is 7.27. The minimum atomic E-state index is -0.501. The first-order valence-corrected chi connectivity index (χ1v) is 4.30. The van der Waals surface area contributed by atoms with Crippen molar-refractivity contribution < 1.29 is 14.2 Å². The molecule has 0 saturated carbocycles. The zero-order chi connectivity index (χ0) is 9.97. The molecule has 0 aromatic heterocycles. The van der Waals surface area contributed by atoms with Crippen molar-refractivity contribution in [2.75, 3.05) is 13.7 Å². The Balaban J connectivity index is 2.27. The van der Waals surface area contributed by atoms with Gasteiger partial charge in [0.15, 0.2) is 0 Å². The van der Waals surface area contributed by atoms with Crippen LogP contribution in [0.4, 0.5) is 0 Å². The van der Waals surface area contributed by atoms with Crippen LogP contribution < -0.4 is 4.74 Å². The highest BCUT2D eigenvalue weighted by Gasteiger charge is 2.25. The molecule has 1 aromatic carbocycles. The summed E-state index contributed by atoms with van der Waals surface area (Å²) in [4.78, 5) is 0. The number of nitrogens with one attached hydrogen (secondary N) is 1. The van der Waals surface area contributed by atoms with Crippen LogP contribution in [0.2, 0.25) is 0 Å². The molecule has 0 amide bonds. The number of ether oxygens (including phenoxy) is 3. The summed E-state index contributed by atoms with van der Waals surface area (Å²) in [5, 5.41) is 7.27. The zero-order valence-electron chi connectivity index (χ0n) is 7.82. The largest absolute Gasteiger partial charge is 0.496 e. The number of methoxy groups -OCH3 is 1. The Morgan fingerprint density at radius 1 is 1.43 bits per heavy atom. The van der Waals surface area contributed by atoms with Gasteiger partial charge in [0.1, 0.15) is 12.4 Å². The van der Waals surface area contributed by atoms with E-state index in [1.807, 2.05) is 24.3 Å². The molecule has 1 aliphatic heterocycles. The monoisotopic (exact) mass is 193 g/mol. The third-order valence-corrected chi connectivity index (χ3v) is 2.01. The lowest BCUT2D eigenvalue weighted by Crippen LogP contribution is -2.01. The van der Waals surface area contributed by atoms with Crippen molar-refractivity contribution in [2.45, 2.75) is 6.29 Å². The molecule has 1 aromatic rings. The third kappa shape index (κ3) is 1.56. The Labute approximate surface area is 81.9 Å². The Hall–Kier alpha value is -1.55. The van der Waals surface area contributed by atoms with E-state index < -0.39 is 6.29 Å². The predicted octanol–water partition coefficient (Wildman–Crippen LogP) is 1.72. The number of benzene rings is 1. The van der Waals surface area contributed by atoms with Crippen LogP contribution in [0.3, 0.4) is 0 Å². The number of hydrogen-bond acceptors (Lipinski definition) is 4. The van der Waals surface area contributed by atoms with Gasteiger partial charge in [0.25, 0.3) is 0 Å². The zero-order valence-corrected chi connectivity index (χ0v) is 7.82. The second kappa shape index (κ2) is 3.67. The molecule has 1 fully saturated rings. The second-order valence-corrected chi connectivity index (χ2v) is 2.93. The fourth-order valence-corrected chi connectivity index (χ4v) is 1.36. The standard InChI is InChI=1S/C10H11NO3/c1-12-8-5-3-2-4-7(8)10-13-6-9(11)14-10/h2-5,10-11H,6H2,1H3. The van der Waals surface area contributed by atoms with Gasteiger partial charge in [-0.1, -0.05) is 12.1 Å². The molecule has 1 aliphatic rings. The highest BCUT2D eigenvalue weighted by atomic mass is 16.7. The quantitative estimate of drug-likeness (QED) is 0.778. The van der Waals surface area contributed by atoms with Gasteiger partial charge in [0, 0.05) is 0 Å². The van der Waals surface area contributed by atoms with Gasteiger partial charge in [-0.2, -0.15) is 0 Å². The fraction of sp³-hybridized carbons (Fsp3) is 0.300. The maximum Gasteiger partial charge on any atom is 0.232 e. The topological polar surface area (TPSA) is 51.5 Å². The average molecular weight is 193 g/mol. The molecular formula is C10H11NO3. The molecule has 4 heteroatoms. The van der Waals surface area contributed by atoms with E-state index in [1.165, 1.54) is 0 Å². The minimum absolute atomic E-state index is 0.154. The summed E-state index contributed by atoms with van der Waals surface area (Å²) in [7, 11) is 1.60. The molecule has 74 valence electrons. The highest BCUT2D eigenvalue weighted by Crippen LogP contribution is 2.30. The van der Waals surface area contributed by atoms with Crippen molar-refractivity contribution in [1.29, 1.82) is 5.41 Å². The molecule has 1 unspecified atom stereocenters. The molecule has 1 heterocycles. The van der Waals surface area contributed by atoms with Crippen molar-refractivity contribution in [2.24, 2.45) is 0 Å². The lowest BCUT2D eigenvalue weighted by Gasteiger charge is -2.12. The molecule has 0 aliphatic carbocycles. The van der Waals surface area contributed by atoms with E-state index >= 15 is 0 Å². The molecule has 14 heavy (non-hydrogen) atoms. The number of para-hydroxylation sites is 1. The summed E-state index contributed by atoms with van der Waals surface area (Å²) in [6.45, 7) is 0.225. The highest BCUT2D eigenvalue weighted by molar-refractivity contribution is 5.75. The van der Waals surface area contributed by atoms with Crippen LogP contribution in [0.1, 0.15) is 11.9 Å². The molecule has 0 radical (unpaired) electrons. The van der Waals surface area contributed by atoms with Crippen molar-refractivity contribution in [3.63, 3.8) is 0 Å². The second-order valence-electron chi connectivity index (χ2n) is 2.93. The Bertz CT molecular complexity index is 351. The van der Waals surface area contributed by atoms with Crippen LogP contribution in [0.5, 0.6) is 5.75 Å². The van der Waals surface area contributed by atoms with Crippen LogP contribution in [-0.2, 0) is 9.47 Å². The first-order chi connectivity index (χ1) is 6.81. The molecule has 0 bridgehead atoms. The molecule has 1 atom stereocenters. The normalized spacial score (nSPS) is 20.6. The lowest BCUT2D eigenvalue weighted by molar-refractivity contribution is -0.0261. The predicted molar refractivity (Wildman–Crippen MR) is 50.5 cm³/mol. The summed E-state index contributed by atoms with van der Waals surface area (Å²) < 4.78 is 15.6. The molecule has 0 spiro atoms. The van der Waals surface area contributed by atoms with Crippen molar-refractivity contribution in [3.8, 4) is 5.75 Å². The summed E-state index contributed by atoms with van der Waals surface area (Å²) >= 11 is 0. The van der Waals surface area contributed by atoms with Gasteiger partial charge in [0.2, 0.25) is 12.2 Å². The van der Waals surface area contributed by atoms with Gasteiger partial charge < -0.3 is 14.2 Å². The van der Waals surface area contributed by atoms with E-state index in [1.54, 1.807) is 7.11 Å². The van der Waals surface area contributed by atoms with Gasteiger partial charge in [-0.15, -0.1) is 0 Å². The van der Waals surface area contributed by atoms with E-state index in [-0.39, 0.29) is 12.5 Å². The van der Waals surface area contributed by atoms with Crippen molar-refractivity contribution in [3.05, 3.63) is 29.8 Å². The van der Waals surface area contributed by atoms with E-state index in [0.717, 1.165) is 5.56 Å². The molecular weight excluding hydrogens is 182 g/mol. The Kier molecular flexibility index (Phi) is 2.37. The minimum Gasteiger partial charge on any atom is -0.496 e. The summed E-state index contributed by atoms with van der Waals surface area (Å²) in [6, 6.07) is 7.46. The number of rotatable bonds is 2. The van der Waals surface area contributed by atoms with Gasteiger partial charge in [0.05, 0.1) is 12.7 Å². The van der Waals surface area contributed by atoms with E-state index in [2.05, 4.69) is 0 Å². The maximum atomic E-state index is 7.27. The first-order valence-electron chi connectivity index (χ1n) is 4.30. The summed E-state index contributed by atoms with van der Waals surface area (Å²) in [6.07, 6.45) is -0.501. The summed E-state index contributed by atoms with van der Waals surface area (Å²) in [5.41, 5.74) is 0.817. The smallest absolute Gasteiger partial charge is 0.232 e. The van der Waals surface area contributed by atoms with Gasteiger partial charge in [-0.25, -0.2) is 0 Å². The van der Waals surface area contributed by atoms with Gasteiger partial charge in [-0.3, -0.25) is 5.41 Å². The van der Waals surface area contributed by atoms with Crippen molar-refractivity contribution >= 4 is 5.90 Å². The van der Waals surface area contributed by atoms with Crippen LogP contribution >= 0.6 is 0 Å². The van der Waals surface area contributed by atoms with E-state index in [0.29, 0.717) is 5.75 Å². The van der Waals surface area contributed by atoms with Gasteiger partial charge in [-0.05, 0) is 12.1 Å². The summed E-state index contributed by atoms with van der Waals surface area (Å²) in [5.74, 6) is 0.869. The van der Waals surface area contributed by atoms with Gasteiger partial charge >= 0.3 is 0 Å². The van der Waals surface area contributed by atoms with Crippen LogP contribution in [0.15, 0.2) is 24.3 Å². The lowest BCUT2D eigenvalue weighted by atomic mass is 10.2. The van der Waals surface area contributed by atoms with Crippen molar-refractivity contribution in [1.82, 2.24) is 0 Å². The Morgan fingerprint density at radius 2 is 2.21 bits per heavy atom. The SMILES string of the molecule is COc1ccccc1C1OCC(=N)O1. The van der Waals surface area contributed by atoms with E-state index in [9.17, 15) is 0 Å². The first kappa shape index (κ1) is 9.02. The fourth-order valence-electron chi connectivity index (χ4n) is 1.36. The molecule has 1 N–H and O–H groups in total. The van der Waals surface area contributed by atoms with E-state index in [4.69, 9.17) is 19.6 Å². The van der Waals surface area contributed by atoms with Crippen LogP contribution in [0.25, 0.3) is 0 Å². The van der Waals surface area contributed by atoms with Crippen LogP contribution in [-0.4, -0.2) is 19.6 Å². The molecule has 4 nitrogen and oxygen atoms in total. The average Bonchev–Trinajstić information content (AvgIpc) is 2.65. The molecule has 2 rings (SSSR count). The molecule has 1 saturated heterocycles. The number of hydrogen-bond donors (Lipinski definition) is 1.